The number of carbonyl (C=O) groups excluding carboxylic acids is 1. The van der Waals surface area contributed by atoms with Crippen LogP contribution in [-0.2, 0) is 14.8 Å². The molecule has 0 spiro atoms. The third kappa shape index (κ3) is 5.09. The zero-order valence-electron chi connectivity index (χ0n) is 7.25. The monoisotopic (exact) mass is 194 g/mol. The smallest absolute Gasteiger partial charge is 0.234 e. The summed E-state index contributed by atoms with van der Waals surface area (Å²) in [5.41, 5.74) is 0. The second kappa shape index (κ2) is 5.10. The van der Waals surface area contributed by atoms with Gasteiger partial charge in [0.15, 0.2) is 0 Å². The number of carbonyl (C=O) groups is 1. The maximum atomic E-state index is 10.8. The Labute approximate surface area is 72.6 Å². The van der Waals surface area contributed by atoms with Crippen LogP contribution in [0.25, 0.3) is 0 Å². The maximum absolute atomic E-state index is 10.8. The van der Waals surface area contributed by atoms with Crippen molar-refractivity contribution in [1.82, 2.24) is 10.0 Å². The van der Waals surface area contributed by atoms with Gasteiger partial charge in [0.2, 0.25) is 15.9 Å². The van der Waals surface area contributed by atoms with Crippen molar-refractivity contribution >= 4 is 15.9 Å². The Kier molecular flexibility index (Phi) is 4.84. The summed E-state index contributed by atoms with van der Waals surface area (Å²) in [6, 6.07) is 0. The lowest BCUT2D eigenvalue weighted by Gasteiger charge is -2.03. The van der Waals surface area contributed by atoms with Gasteiger partial charge < -0.3 is 5.32 Å². The third-order valence-electron chi connectivity index (χ3n) is 1.25. The zero-order valence-corrected chi connectivity index (χ0v) is 8.07. The van der Waals surface area contributed by atoms with Gasteiger partial charge in [0.1, 0.15) is 0 Å². The molecule has 0 rings (SSSR count). The van der Waals surface area contributed by atoms with Crippen LogP contribution in [0.3, 0.4) is 0 Å². The highest BCUT2D eigenvalue weighted by Gasteiger charge is 2.10. The van der Waals surface area contributed by atoms with Crippen LogP contribution in [0.1, 0.15) is 13.3 Å². The van der Waals surface area contributed by atoms with Crippen LogP contribution in [-0.4, -0.2) is 33.7 Å². The van der Waals surface area contributed by atoms with Crippen molar-refractivity contribution in [3.05, 3.63) is 0 Å². The minimum atomic E-state index is -3.38. The Hall–Kier alpha value is -0.620. The first kappa shape index (κ1) is 11.4. The van der Waals surface area contributed by atoms with E-state index in [0.29, 0.717) is 6.54 Å². The molecule has 0 aromatic rings. The Morgan fingerprint density at radius 1 is 1.42 bits per heavy atom. The standard InChI is InChI=1S/C6H14N2O3S/c1-3-12(10,11)8-6(9)4-5-7-2/h7H,3-5H2,1-2H3,(H,8,9). The number of rotatable bonds is 5. The summed E-state index contributed by atoms with van der Waals surface area (Å²) >= 11 is 0. The van der Waals surface area contributed by atoms with Crippen LogP contribution in [0.5, 0.6) is 0 Å². The molecule has 0 saturated heterocycles. The molecular weight excluding hydrogens is 180 g/mol. The molecule has 0 unspecified atom stereocenters. The highest BCUT2D eigenvalue weighted by Crippen LogP contribution is 1.84. The first-order chi connectivity index (χ1) is 5.52. The summed E-state index contributed by atoms with van der Waals surface area (Å²) in [6.07, 6.45) is 0.176. The van der Waals surface area contributed by atoms with Crippen LogP contribution < -0.4 is 10.0 Å². The fourth-order valence-electron chi connectivity index (χ4n) is 0.535. The molecule has 72 valence electrons. The summed E-state index contributed by atoms with van der Waals surface area (Å²) in [4.78, 5) is 10.8. The lowest BCUT2D eigenvalue weighted by atomic mass is 10.4. The van der Waals surface area contributed by atoms with E-state index in [1.54, 1.807) is 7.05 Å². The van der Waals surface area contributed by atoms with E-state index in [9.17, 15) is 13.2 Å². The highest BCUT2D eigenvalue weighted by atomic mass is 32.2. The first-order valence-electron chi connectivity index (χ1n) is 3.69. The van der Waals surface area contributed by atoms with E-state index in [2.05, 4.69) is 5.32 Å². The van der Waals surface area contributed by atoms with Gasteiger partial charge in [-0.25, -0.2) is 8.42 Å². The molecule has 0 atom stereocenters. The molecule has 0 bridgehead atoms. The van der Waals surface area contributed by atoms with Crippen LogP contribution >= 0.6 is 0 Å². The second-order valence-electron chi connectivity index (χ2n) is 2.28. The molecule has 2 N–H and O–H groups in total. The lowest BCUT2D eigenvalue weighted by Crippen LogP contribution is -2.33. The molecule has 0 saturated carbocycles. The van der Waals surface area contributed by atoms with Crippen LogP contribution in [0.4, 0.5) is 0 Å². The first-order valence-corrected chi connectivity index (χ1v) is 5.35. The molecule has 0 aliphatic carbocycles. The number of hydrogen-bond acceptors (Lipinski definition) is 4. The summed E-state index contributed by atoms with van der Waals surface area (Å²) in [7, 11) is -1.68. The quantitative estimate of drug-likeness (QED) is 0.592. The predicted molar refractivity (Wildman–Crippen MR) is 46.1 cm³/mol. The average Bonchev–Trinajstić information content (AvgIpc) is 2.00. The van der Waals surface area contributed by atoms with Crippen LogP contribution in [0.2, 0.25) is 0 Å². The van der Waals surface area contributed by atoms with E-state index in [4.69, 9.17) is 0 Å². The number of amides is 1. The molecule has 0 radical (unpaired) electrons. The van der Waals surface area contributed by atoms with E-state index >= 15 is 0 Å². The molecule has 12 heavy (non-hydrogen) atoms. The highest BCUT2D eigenvalue weighted by molar-refractivity contribution is 7.90. The van der Waals surface area contributed by atoms with Gasteiger partial charge in [-0.2, -0.15) is 0 Å². The molecule has 5 nitrogen and oxygen atoms in total. The van der Waals surface area contributed by atoms with Gasteiger partial charge in [-0.05, 0) is 14.0 Å². The van der Waals surface area contributed by atoms with Gasteiger partial charge in [-0.15, -0.1) is 0 Å². The normalized spacial score (nSPS) is 11.2. The van der Waals surface area contributed by atoms with E-state index < -0.39 is 15.9 Å². The Balaban J connectivity index is 3.85. The molecular formula is C6H14N2O3S. The van der Waals surface area contributed by atoms with Gasteiger partial charge in [0.25, 0.3) is 0 Å². The van der Waals surface area contributed by atoms with Gasteiger partial charge in [-0.1, -0.05) is 0 Å². The van der Waals surface area contributed by atoms with Gasteiger partial charge >= 0.3 is 0 Å². The topological polar surface area (TPSA) is 75.3 Å². The molecule has 0 aromatic carbocycles. The number of sulfonamides is 1. The van der Waals surface area contributed by atoms with E-state index in [1.807, 2.05) is 4.72 Å². The Morgan fingerprint density at radius 2 is 2.00 bits per heavy atom. The number of nitrogens with one attached hydrogen (secondary N) is 2. The van der Waals surface area contributed by atoms with Gasteiger partial charge in [0, 0.05) is 13.0 Å². The van der Waals surface area contributed by atoms with Crippen molar-refractivity contribution in [3.8, 4) is 0 Å². The molecule has 6 heteroatoms. The SMILES string of the molecule is CCS(=O)(=O)NC(=O)CCNC. The third-order valence-corrected chi connectivity index (χ3v) is 2.55. The van der Waals surface area contributed by atoms with E-state index in [-0.39, 0.29) is 12.2 Å². The molecule has 1 amide bonds. The van der Waals surface area contributed by atoms with Crippen molar-refractivity contribution in [2.24, 2.45) is 0 Å². The molecule has 0 fully saturated rings. The minimum absolute atomic E-state index is 0.0711. The summed E-state index contributed by atoms with van der Waals surface area (Å²) < 4.78 is 23.6. The summed E-state index contributed by atoms with van der Waals surface area (Å²) in [5, 5.41) is 2.75. The predicted octanol–water partition coefficient (Wildman–Crippen LogP) is -0.938. The minimum Gasteiger partial charge on any atom is -0.319 e. The molecule has 0 aromatic heterocycles. The van der Waals surface area contributed by atoms with Crippen molar-refractivity contribution in [2.45, 2.75) is 13.3 Å². The average molecular weight is 194 g/mol. The number of hydrogen-bond donors (Lipinski definition) is 2. The van der Waals surface area contributed by atoms with Crippen LogP contribution in [0.15, 0.2) is 0 Å². The lowest BCUT2D eigenvalue weighted by molar-refractivity contribution is -0.119. The summed E-state index contributed by atoms with van der Waals surface area (Å²) in [6.45, 7) is 1.96. The Morgan fingerprint density at radius 3 is 2.42 bits per heavy atom. The maximum Gasteiger partial charge on any atom is 0.234 e. The Bertz CT molecular complexity index is 235. The van der Waals surface area contributed by atoms with Gasteiger partial charge in [0.05, 0.1) is 5.75 Å². The largest absolute Gasteiger partial charge is 0.319 e. The second-order valence-corrected chi connectivity index (χ2v) is 4.29. The van der Waals surface area contributed by atoms with Gasteiger partial charge in [-0.3, -0.25) is 9.52 Å². The fraction of sp³-hybridized carbons (Fsp3) is 0.833. The zero-order chi connectivity index (χ0) is 9.61. The fourth-order valence-corrected chi connectivity index (χ4v) is 1.13. The van der Waals surface area contributed by atoms with Crippen LogP contribution in [0, 0.1) is 0 Å². The van der Waals surface area contributed by atoms with E-state index in [0.717, 1.165) is 0 Å². The van der Waals surface area contributed by atoms with Crippen molar-refractivity contribution in [2.75, 3.05) is 19.3 Å². The summed E-state index contributed by atoms with van der Waals surface area (Å²) in [5.74, 6) is -0.538. The van der Waals surface area contributed by atoms with Crippen molar-refractivity contribution in [3.63, 3.8) is 0 Å². The molecule has 0 heterocycles. The molecule has 0 aliphatic rings. The van der Waals surface area contributed by atoms with E-state index in [1.165, 1.54) is 6.92 Å². The van der Waals surface area contributed by atoms with Crippen molar-refractivity contribution < 1.29 is 13.2 Å². The molecule has 0 aliphatic heterocycles. The van der Waals surface area contributed by atoms with Crippen molar-refractivity contribution in [1.29, 1.82) is 0 Å².